The van der Waals surface area contributed by atoms with Gasteiger partial charge in [-0.2, -0.15) is 5.26 Å². The van der Waals surface area contributed by atoms with Crippen molar-refractivity contribution in [3.8, 4) is 6.07 Å². The highest BCUT2D eigenvalue weighted by Crippen LogP contribution is 2.02. The van der Waals surface area contributed by atoms with Gasteiger partial charge in [0.25, 0.3) is 0 Å². The highest BCUT2D eigenvalue weighted by molar-refractivity contribution is 5.32. The SMILES string of the molecule is CC(C)N(C)CCCCNc1cnc(C#N)cn1. The molecule has 0 bridgehead atoms. The molecule has 5 heteroatoms. The summed E-state index contributed by atoms with van der Waals surface area (Å²) >= 11 is 0. The fraction of sp³-hybridized carbons (Fsp3) is 0.615. The average molecular weight is 247 g/mol. The summed E-state index contributed by atoms with van der Waals surface area (Å²) in [6, 6.07) is 2.55. The van der Waals surface area contributed by atoms with Gasteiger partial charge in [0.1, 0.15) is 11.9 Å². The van der Waals surface area contributed by atoms with Crippen LogP contribution in [0, 0.1) is 11.3 Å². The van der Waals surface area contributed by atoms with Crippen LogP contribution in [0.25, 0.3) is 0 Å². The largest absolute Gasteiger partial charge is 0.369 e. The van der Waals surface area contributed by atoms with Gasteiger partial charge in [-0.1, -0.05) is 0 Å². The lowest BCUT2D eigenvalue weighted by Gasteiger charge is -2.20. The second-order valence-corrected chi connectivity index (χ2v) is 4.61. The van der Waals surface area contributed by atoms with E-state index < -0.39 is 0 Å². The van der Waals surface area contributed by atoms with Crippen LogP contribution in [0.1, 0.15) is 32.4 Å². The van der Waals surface area contributed by atoms with Gasteiger partial charge in [0, 0.05) is 12.6 Å². The van der Waals surface area contributed by atoms with E-state index >= 15 is 0 Å². The molecule has 0 saturated heterocycles. The summed E-state index contributed by atoms with van der Waals surface area (Å²) in [7, 11) is 2.14. The highest BCUT2D eigenvalue weighted by atomic mass is 15.1. The van der Waals surface area contributed by atoms with Crippen LogP contribution < -0.4 is 5.32 Å². The summed E-state index contributed by atoms with van der Waals surface area (Å²) in [5, 5.41) is 11.8. The zero-order chi connectivity index (χ0) is 13.4. The topological polar surface area (TPSA) is 64.8 Å². The van der Waals surface area contributed by atoms with Crippen molar-refractivity contribution >= 4 is 5.82 Å². The number of hydrogen-bond acceptors (Lipinski definition) is 5. The molecule has 0 amide bonds. The number of anilines is 1. The van der Waals surface area contributed by atoms with Crippen molar-refractivity contribution < 1.29 is 0 Å². The van der Waals surface area contributed by atoms with Gasteiger partial charge in [0.2, 0.25) is 0 Å². The molecule has 98 valence electrons. The quantitative estimate of drug-likeness (QED) is 0.745. The number of hydrogen-bond donors (Lipinski definition) is 1. The molecule has 0 aliphatic heterocycles. The van der Waals surface area contributed by atoms with E-state index in [4.69, 9.17) is 5.26 Å². The molecule has 0 unspecified atom stereocenters. The molecule has 0 aliphatic carbocycles. The number of nitriles is 1. The maximum Gasteiger partial charge on any atom is 0.158 e. The van der Waals surface area contributed by atoms with Crippen LogP contribution in [0.3, 0.4) is 0 Å². The third-order valence-electron chi connectivity index (χ3n) is 2.89. The van der Waals surface area contributed by atoms with Gasteiger partial charge in [-0.15, -0.1) is 0 Å². The molecule has 1 N–H and O–H groups in total. The minimum atomic E-state index is 0.346. The minimum Gasteiger partial charge on any atom is -0.369 e. The standard InChI is InChI=1S/C13H21N5/c1-11(2)18(3)7-5-4-6-15-13-10-16-12(8-14)9-17-13/h9-11H,4-7H2,1-3H3,(H,15,17). The fourth-order valence-corrected chi connectivity index (χ4v) is 1.44. The van der Waals surface area contributed by atoms with Gasteiger partial charge < -0.3 is 10.2 Å². The summed E-state index contributed by atoms with van der Waals surface area (Å²) in [6.45, 7) is 6.39. The second kappa shape index (κ2) is 7.62. The molecule has 5 nitrogen and oxygen atoms in total. The van der Waals surface area contributed by atoms with E-state index in [0.29, 0.717) is 11.7 Å². The van der Waals surface area contributed by atoms with E-state index in [0.717, 1.165) is 31.7 Å². The molecule has 0 aliphatic rings. The molecule has 0 atom stereocenters. The minimum absolute atomic E-state index is 0.346. The molecule has 18 heavy (non-hydrogen) atoms. The van der Waals surface area contributed by atoms with Crippen molar-refractivity contribution in [2.24, 2.45) is 0 Å². The monoisotopic (exact) mass is 247 g/mol. The van der Waals surface area contributed by atoms with Gasteiger partial charge in [-0.25, -0.2) is 9.97 Å². The smallest absolute Gasteiger partial charge is 0.158 e. The number of nitrogens with one attached hydrogen (secondary N) is 1. The van der Waals surface area contributed by atoms with E-state index in [1.165, 1.54) is 6.20 Å². The van der Waals surface area contributed by atoms with Gasteiger partial charge in [0.15, 0.2) is 5.69 Å². The van der Waals surface area contributed by atoms with E-state index in [2.05, 4.69) is 41.1 Å². The predicted octanol–water partition coefficient (Wildman–Crippen LogP) is 1.88. The molecule has 1 aromatic rings. The Bertz CT molecular complexity index is 379. The van der Waals surface area contributed by atoms with Crippen molar-refractivity contribution in [3.63, 3.8) is 0 Å². The first-order valence-electron chi connectivity index (χ1n) is 6.29. The number of unbranched alkanes of at least 4 members (excludes halogenated alkanes) is 1. The van der Waals surface area contributed by atoms with Gasteiger partial charge >= 0.3 is 0 Å². The molecule has 0 fully saturated rings. The Morgan fingerprint density at radius 2 is 2.11 bits per heavy atom. The van der Waals surface area contributed by atoms with Crippen LogP contribution in [-0.2, 0) is 0 Å². The number of nitrogens with zero attached hydrogens (tertiary/aromatic N) is 4. The molecule has 0 radical (unpaired) electrons. The first-order chi connectivity index (χ1) is 8.63. The lowest BCUT2D eigenvalue weighted by Crippen LogP contribution is -2.27. The summed E-state index contributed by atoms with van der Waals surface area (Å²) in [6.07, 6.45) is 5.33. The van der Waals surface area contributed by atoms with E-state index in [9.17, 15) is 0 Å². The third-order valence-corrected chi connectivity index (χ3v) is 2.89. The molecule has 1 heterocycles. The molecule has 0 saturated carbocycles. The Labute approximate surface area is 109 Å². The normalized spacial score (nSPS) is 10.7. The van der Waals surface area contributed by atoms with E-state index in [1.54, 1.807) is 6.20 Å². The van der Waals surface area contributed by atoms with Crippen molar-refractivity contribution in [2.75, 3.05) is 25.5 Å². The third kappa shape index (κ3) is 5.11. The maximum atomic E-state index is 8.59. The Morgan fingerprint density at radius 3 is 2.67 bits per heavy atom. The van der Waals surface area contributed by atoms with E-state index in [-0.39, 0.29) is 0 Å². The molecular weight excluding hydrogens is 226 g/mol. The van der Waals surface area contributed by atoms with Crippen LogP contribution in [0.4, 0.5) is 5.82 Å². The Hall–Kier alpha value is -1.67. The molecule has 0 aromatic carbocycles. The number of rotatable bonds is 7. The van der Waals surface area contributed by atoms with Gasteiger partial charge in [-0.05, 0) is 40.3 Å². The summed E-state index contributed by atoms with van der Waals surface area (Å²) in [5.74, 6) is 0.728. The Balaban J connectivity index is 2.16. The van der Waals surface area contributed by atoms with Crippen LogP contribution in [0.2, 0.25) is 0 Å². The summed E-state index contributed by atoms with van der Waals surface area (Å²) in [4.78, 5) is 10.4. The highest BCUT2D eigenvalue weighted by Gasteiger charge is 2.02. The Kier molecular flexibility index (Phi) is 6.09. The lowest BCUT2D eigenvalue weighted by molar-refractivity contribution is 0.269. The van der Waals surface area contributed by atoms with Crippen molar-refractivity contribution in [2.45, 2.75) is 32.7 Å². The first kappa shape index (κ1) is 14.4. The Morgan fingerprint density at radius 1 is 1.33 bits per heavy atom. The fourth-order valence-electron chi connectivity index (χ4n) is 1.44. The first-order valence-corrected chi connectivity index (χ1v) is 6.29. The predicted molar refractivity (Wildman–Crippen MR) is 72.2 cm³/mol. The molecular formula is C13H21N5. The number of aromatic nitrogens is 2. The average Bonchev–Trinajstić information content (AvgIpc) is 2.38. The maximum absolute atomic E-state index is 8.59. The van der Waals surface area contributed by atoms with Gasteiger partial charge in [-0.3, -0.25) is 0 Å². The zero-order valence-corrected chi connectivity index (χ0v) is 11.3. The van der Waals surface area contributed by atoms with Gasteiger partial charge in [0.05, 0.1) is 12.4 Å². The summed E-state index contributed by atoms with van der Waals surface area (Å²) in [5.41, 5.74) is 0.346. The second-order valence-electron chi connectivity index (χ2n) is 4.61. The molecule has 1 aromatic heterocycles. The van der Waals surface area contributed by atoms with Crippen LogP contribution in [0.5, 0.6) is 0 Å². The van der Waals surface area contributed by atoms with Crippen molar-refractivity contribution in [3.05, 3.63) is 18.1 Å². The van der Waals surface area contributed by atoms with Crippen LogP contribution >= 0.6 is 0 Å². The van der Waals surface area contributed by atoms with Crippen LogP contribution in [-0.4, -0.2) is 41.0 Å². The van der Waals surface area contributed by atoms with Crippen molar-refractivity contribution in [1.29, 1.82) is 5.26 Å². The molecule has 1 rings (SSSR count). The van der Waals surface area contributed by atoms with E-state index in [1.807, 2.05) is 6.07 Å². The zero-order valence-electron chi connectivity index (χ0n) is 11.3. The van der Waals surface area contributed by atoms with Crippen LogP contribution in [0.15, 0.2) is 12.4 Å². The summed E-state index contributed by atoms with van der Waals surface area (Å²) < 4.78 is 0. The lowest BCUT2D eigenvalue weighted by atomic mass is 10.2. The van der Waals surface area contributed by atoms with Crippen molar-refractivity contribution in [1.82, 2.24) is 14.9 Å². The molecule has 0 spiro atoms.